The van der Waals surface area contributed by atoms with Crippen LogP contribution in [0.1, 0.15) is 18.4 Å². The van der Waals surface area contributed by atoms with Crippen molar-refractivity contribution in [3.8, 4) is 11.5 Å². The van der Waals surface area contributed by atoms with Crippen LogP contribution in [0.25, 0.3) is 6.08 Å². The summed E-state index contributed by atoms with van der Waals surface area (Å²) in [6.45, 7) is 2.04. The van der Waals surface area contributed by atoms with Gasteiger partial charge >= 0.3 is 12.1 Å². The molecule has 2 aromatic carbocycles. The van der Waals surface area contributed by atoms with Crippen molar-refractivity contribution in [2.24, 2.45) is 0 Å². The Morgan fingerprint density at radius 3 is 2.18 bits per heavy atom. The highest BCUT2D eigenvalue weighted by Crippen LogP contribution is 2.45. The van der Waals surface area contributed by atoms with Crippen molar-refractivity contribution < 1.29 is 32.2 Å². The smallest absolute Gasteiger partial charge is 0.424 e. The summed E-state index contributed by atoms with van der Waals surface area (Å²) >= 11 is 0. The van der Waals surface area contributed by atoms with Crippen molar-refractivity contribution in [2.45, 2.75) is 24.9 Å². The topological polar surface area (TPSA) is 60.0 Å². The number of nitrogens with zero attached hydrogens (tertiary/aromatic N) is 1. The second-order valence-corrected chi connectivity index (χ2v) is 8.23. The molecule has 0 bridgehead atoms. The molecule has 2 heterocycles. The first kappa shape index (κ1) is 22.3. The molecule has 0 atom stereocenters. The number of benzene rings is 2. The van der Waals surface area contributed by atoms with E-state index in [2.05, 4.69) is 0 Å². The monoisotopic (exact) mass is 472 g/mol. The zero-order chi connectivity index (χ0) is 23.8. The summed E-state index contributed by atoms with van der Waals surface area (Å²) in [4.78, 5) is 15.3. The fourth-order valence-electron chi connectivity index (χ4n) is 4.40. The summed E-state index contributed by atoms with van der Waals surface area (Å²) in [5.74, 6) is -4.33. The summed E-state index contributed by atoms with van der Waals surface area (Å²) in [6, 6.07) is 15.4. The van der Waals surface area contributed by atoms with Crippen LogP contribution in [0, 0.1) is 0 Å². The second kappa shape index (κ2) is 8.72. The van der Waals surface area contributed by atoms with E-state index in [1.807, 2.05) is 46.6 Å². The highest BCUT2D eigenvalue weighted by atomic mass is 19.4. The third kappa shape index (κ3) is 4.11. The number of alkyl halides is 3. The van der Waals surface area contributed by atoms with Gasteiger partial charge in [-0.25, -0.2) is 0 Å². The minimum atomic E-state index is -5.01. The molecule has 34 heavy (non-hydrogen) atoms. The number of allylic oxidation sites excluding steroid dienone is 1. The average Bonchev–Trinajstić information content (AvgIpc) is 3.42. The van der Waals surface area contributed by atoms with Crippen LogP contribution in [0.2, 0.25) is 0 Å². The molecule has 2 aliphatic heterocycles. The van der Waals surface area contributed by atoms with E-state index in [4.69, 9.17) is 14.2 Å². The first-order valence-corrected chi connectivity index (χ1v) is 11.0. The SMILES string of the molecule is O=C(NC1(C(F)(F)F)Oc2ccccc2O1)C1=C(N2CCOCC2)C(=Cc2ccccc2)CC1. The van der Waals surface area contributed by atoms with Gasteiger partial charge in [-0.1, -0.05) is 42.5 Å². The van der Waals surface area contributed by atoms with Crippen LogP contribution in [-0.2, 0) is 9.53 Å². The van der Waals surface area contributed by atoms with Crippen molar-refractivity contribution in [2.75, 3.05) is 26.3 Å². The molecule has 6 nitrogen and oxygen atoms in total. The van der Waals surface area contributed by atoms with E-state index in [1.165, 1.54) is 24.3 Å². The number of nitrogens with one attached hydrogen (secondary N) is 1. The van der Waals surface area contributed by atoms with Gasteiger partial charge in [-0.2, -0.15) is 13.2 Å². The lowest BCUT2D eigenvalue weighted by atomic mass is 10.1. The summed E-state index contributed by atoms with van der Waals surface area (Å²) < 4.78 is 58.1. The number of carbonyl (C=O) groups excluding carboxylic acids is 1. The molecule has 0 unspecified atom stereocenters. The Balaban J connectivity index is 1.50. The van der Waals surface area contributed by atoms with E-state index in [0.29, 0.717) is 44.8 Å². The lowest BCUT2D eigenvalue weighted by Gasteiger charge is -2.33. The fourth-order valence-corrected chi connectivity index (χ4v) is 4.40. The first-order valence-electron chi connectivity index (χ1n) is 11.0. The molecule has 0 aromatic heterocycles. The number of hydrogen-bond acceptors (Lipinski definition) is 5. The maximum atomic E-state index is 14.1. The number of carbonyl (C=O) groups is 1. The number of amides is 1. The largest absolute Gasteiger partial charge is 0.492 e. The normalized spacial score (nSPS) is 20.7. The standard InChI is InChI=1S/C25H23F3N2O4/c26-24(27,28)25(33-20-8-4-5-9-21(20)34-25)29-23(31)19-11-10-18(16-17-6-2-1-3-7-17)22(19)30-12-14-32-15-13-30/h1-9,16H,10-15H2,(H,29,31). The number of hydrogen-bond donors (Lipinski definition) is 1. The van der Waals surface area contributed by atoms with Gasteiger partial charge in [-0.3, -0.25) is 10.1 Å². The van der Waals surface area contributed by atoms with Crippen molar-refractivity contribution in [1.82, 2.24) is 10.2 Å². The lowest BCUT2D eigenvalue weighted by Crippen LogP contribution is -2.65. The number of fused-ring (bicyclic) bond motifs is 1. The minimum Gasteiger partial charge on any atom is -0.424 e. The van der Waals surface area contributed by atoms with Crippen LogP contribution in [0.5, 0.6) is 11.5 Å². The molecule has 9 heteroatoms. The van der Waals surface area contributed by atoms with Gasteiger partial charge in [0, 0.05) is 24.4 Å². The quantitative estimate of drug-likeness (QED) is 0.721. The lowest BCUT2D eigenvalue weighted by molar-refractivity contribution is -0.319. The van der Waals surface area contributed by atoms with E-state index in [-0.39, 0.29) is 17.1 Å². The predicted molar refractivity (Wildman–Crippen MR) is 118 cm³/mol. The van der Waals surface area contributed by atoms with Crippen LogP contribution >= 0.6 is 0 Å². The summed E-state index contributed by atoms with van der Waals surface area (Å²) in [5, 5.41) is 2.02. The van der Waals surface area contributed by atoms with Gasteiger partial charge in [-0.05, 0) is 42.2 Å². The van der Waals surface area contributed by atoms with Crippen molar-refractivity contribution in [1.29, 1.82) is 0 Å². The van der Waals surface area contributed by atoms with Gasteiger partial charge in [0.05, 0.1) is 13.2 Å². The number of halogens is 3. The van der Waals surface area contributed by atoms with E-state index in [1.54, 1.807) is 0 Å². The van der Waals surface area contributed by atoms with Crippen LogP contribution in [0.3, 0.4) is 0 Å². The molecule has 1 N–H and O–H groups in total. The molecular formula is C25H23F3N2O4. The van der Waals surface area contributed by atoms with Crippen LogP contribution in [0.4, 0.5) is 13.2 Å². The first-order chi connectivity index (χ1) is 16.4. The van der Waals surface area contributed by atoms with Crippen LogP contribution in [-0.4, -0.2) is 49.2 Å². The van der Waals surface area contributed by atoms with E-state index < -0.39 is 18.0 Å². The number of morpholine rings is 1. The fraction of sp³-hybridized carbons (Fsp3) is 0.320. The molecule has 0 spiro atoms. The molecule has 1 fully saturated rings. The Bertz CT molecular complexity index is 1110. The van der Waals surface area contributed by atoms with E-state index >= 15 is 0 Å². The Kier molecular flexibility index (Phi) is 5.73. The van der Waals surface area contributed by atoms with Crippen molar-refractivity contribution in [3.63, 3.8) is 0 Å². The van der Waals surface area contributed by atoms with Gasteiger partial charge in [0.2, 0.25) is 0 Å². The second-order valence-electron chi connectivity index (χ2n) is 8.23. The van der Waals surface area contributed by atoms with Crippen LogP contribution in [0.15, 0.2) is 71.4 Å². The maximum Gasteiger partial charge on any atom is 0.492 e. The average molecular weight is 472 g/mol. The van der Waals surface area contributed by atoms with Crippen LogP contribution < -0.4 is 14.8 Å². The van der Waals surface area contributed by atoms with Crippen molar-refractivity contribution >= 4 is 12.0 Å². The Hall–Kier alpha value is -3.46. The van der Waals surface area contributed by atoms with Gasteiger partial charge in [-0.15, -0.1) is 0 Å². The van der Waals surface area contributed by atoms with Gasteiger partial charge < -0.3 is 19.1 Å². The molecule has 0 radical (unpaired) electrons. The van der Waals surface area contributed by atoms with E-state index in [0.717, 1.165) is 11.1 Å². The van der Waals surface area contributed by atoms with Gasteiger partial charge in [0.1, 0.15) is 0 Å². The third-order valence-electron chi connectivity index (χ3n) is 5.98. The summed E-state index contributed by atoms with van der Waals surface area (Å²) in [5.41, 5.74) is 2.78. The zero-order valence-corrected chi connectivity index (χ0v) is 18.2. The van der Waals surface area contributed by atoms with E-state index in [9.17, 15) is 18.0 Å². The summed E-state index contributed by atoms with van der Waals surface area (Å²) in [6.07, 6.45) is -2.20. The van der Waals surface area contributed by atoms with Crippen molar-refractivity contribution in [3.05, 3.63) is 77.0 Å². The molecule has 2 aromatic rings. The molecule has 0 saturated carbocycles. The Labute approximate surface area is 194 Å². The highest BCUT2D eigenvalue weighted by molar-refractivity contribution is 5.96. The molecular weight excluding hydrogens is 449 g/mol. The predicted octanol–water partition coefficient (Wildman–Crippen LogP) is 4.25. The highest BCUT2D eigenvalue weighted by Gasteiger charge is 2.65. The van der Waals surface area contributed by atoms with Gasteiger partial charge in [0.15, 0.2) is 11.5 Å². The molecule has 178 valence electrons. The zero-order valence-electron chi connectivity index (χ0n) is 18.2. The number of rotatable bonds is 4. The molecule has 1 aliphatic carbocycles. The number of ether oxygens (including phenoxy) is 3. The minimum absolute atomic E-state index is 0.0846. The molecule has 1 saturated heterocycles. The third-order valence-corrected chi connectivity index (χ3v) is 5.98. The Morgan fingerprint density at radius 1 is 0.941 bits per heavy atom. The summed E-state index contributed by atoms with van der Waals surface area (Å²) in [7, 11) is 0. The molecule has 1 amide bonds. The Morgan fingerprint density at radius 2 is 1.56 bits per heavy atom. The van der Waals surface area contributed by atoms with Gasteiger partial charge in [0.25, 0.3) is 5.91 Å². The molecule has 5 rings (SSSR count). The maximum absolute atomic E-state index is 14.1. The number of para-hydroxylation sites is 2. The molecule has 3 aliphatic rings.